The van der Waals surface area contributed by atoms with Gasteiger partial charge >= 0.3 is 0 Å². The van der Waals surface area contributed by atoms with Crippen molar-refractivity contribution in [3.05, 3.63) is 0 Å². The van der Waals surface area contributed by atoms with Crippen molar-refractivity contribution in [3.8, 4) is 0 Å². The normalized spacial score (nSPS) is 22.2. The number of nitrogens with zero attached hydrogens (tertiary/aromatic N) is 2. The average Bonchev–Trinajstić information content (AvgIpc) is 3.03. The lowest BCUT2D eigenvalue weighted by molar-refractivity contribution is -0.139. The van der Waals surface area contributed by atoms with Gasteiger partial charge in [0.15, 0.2) is 0 Å². The highest BCUT2D eigenvalue weighted by Gasteiger charge is 2.36. The lowest BCUT2D eigenvalue weighted by atomic mass is 10.4. The maximum atomic E-state index is 11.6. The van der Waals surface area contributed by atoms with Gasteiger partial charge in [0.05, 0.1) is 10.5 Å². The van der Waals surface area contributed by atoms with Gasteiger partial charge in [0, 0.05) is 37.4 Å². The highest BCUT2D eigenvalue weighted by atomic mass is 33.1. The van der Waals surface area contributed by atoms with Crippen LogP contribution in [0, 0.1) is 0 Å². The van der Waals surface area contributed by atoms with E-state index in [1.807, 2.05) is 27.7 Å². The molecule has 0 aromatic rings. The molecule has 2 atom stereocenters. The standard InChI is InChI=1S/C12H16N2O4S4.2C2H6/c15-9-5-7(19)11(17)13(9)1-3-21-22-4-2-14-10(16)6-8(20)12(14)18;2*1-2/h7-8,19-20H,1-6H2;2*1-2H3. The second-order valence-corrected chi connectivity index (χ2v) is 8.80. The molecule has 0 spiro atoms. The van der Waals surface area contributed by atoms with Crippen molar-refractivity contribution in [1.29, 1.82) is 0 Å². The van der Waals surface area contributed by atoms with Crippen LogP contribution < -0.4 is 0 Å². The van der Waals surface area contributed by atoms with E-state index in [4.69, 9.17) is 0 Å². The molecule has 2 fully saturated rings. The van der Waals surface area contributed by atoms with E-state index in [-0.39, 0.29) is 36.5 Å². The number of carbonyl (C=O) groups excluding carboxylic acids is 4. The van der Waals surface area contributed by atoms with Crippen LogP contribution in [0.25, 0.3) is 0 Å². The quantitative estimate of drug-likeness (QED) is 0.274. The minimum Gasteiger partial charge on any atom is -0.281 e. The van der Waals surface area contributed by atoms with Gasteiger partial charge in [0.2, 0.25) is 23.6 Å². The van der Waals surface area contributed by atoms with Gasteiger partial charge < -0.3 is 0 Å². The summed E-state index contributed by atoms with van der Waals surface area (Å²) in [6.07, 6.45) is 0.341. The molecule has 0 saturated carbocycles. The smallest absolute Gasteiger partial charge is 0.242 e. The molecule has 0 radical (unpaired) electrons. The minimum atomic E-state index is -0.508. The van der Waals surface area contributed by atoms with E-state index in [1.54, 1.807) is 0 Å². The van der Waals surface area contributed by atoms with Gasteiger partial charge in [-0.15, -0.1) is 0 Å². The van der Waals surface area contributed by atoms with E-state index >= 15 is 0 Å². The third kappa shape index (κ3) is 7.36. The molecule has 26 heavy (non-hydrogen) atoms. The Kier molecular flexibility index (Phi) is 13.6. The molecule has 0 aromatic carbocycles. The molecule has 2 unspecified atom stereocenters. The summed E-state index contributed by atoms with van der Waals surface area (Å²) in [5.74, 6) is 0.408. The first-order valence-corrected chi connectivity index (χ1v) is 12.2. The zero-order valence-corrected chi connectivity index (χ0v) is 19.1. The first-order chi connectivity index (χ1) is 12.4. The first-order valence-electron chi connectivity index (χ1n) is 8.70. The minimum absolute atomic E-state index is 0.170. The number of likely N-dealkylation sites (tertiary alicyclic amines) is 2. The van der Waals surface area contributed by atoms with Crippen LogP contribution in [-0.2, 0) is 19.2 Å². The summed E-state index contributed by atoms with van der Waals surface area (Å²) < 4.78 is 0. The van der Waals surface area contributed by atoms with Gasteiger partial charge in [-0.3, -0.25) is 29.0 Å². The zero-order valence-electron chi connectivity index (χ0n) is 15.6. The Labute approximate surface area is 174 Å². The fourth-order valence-corrected chi connectivity index (χ4v) is 4.67. The summed E-state index contributed by atoms with van der Waals surface area (Å²) in [6, 6.07) is 0. The Bertz CT molecular complexity index is 461. The summed E-state index contributed by atoms with van der Waals surface area (Å²) >= 11 is 8.12. The molecule has 2 aliphatic rings. The molecule has 4 amide bonds. The highest BCUT2D eigenvalue weighted by Crippen LogP contribution is 2.25. The van der Waals surface area contributed by atoms with Crippen LogP contribution >= 0.6 is 46.8 Å². The molecular weight excluding hydrogens is 412 g/mol. The molecule has 2 aliphatic heterocycles. The molecule has 10 heteroatoms. The molecular formula is C16H28N2O4S4. The lowest BCUT2D eigenvalue weighted by Gasteiger charge is -2.15. The largest absolute Gasteiger partial charge is 0.281 e. The van der Waals surface area contributed by atoms with E-state index in [2.05, 4.69) is 25.3 Å². The van der Waals surface area contributed by atoms with Crippen molar-refractivity contribution in [2.24, 2.45) is 0 Å². The Morgan fingerprint density at radius 2 is 1.08 bits per heavy atom. The van der Waals surface area contributed by atoms with Gasteiger partial charge in [-0.1, -0.05) is 49.3 Å². The van der Waals surface area contributed by atoms with Crippen molar-refractivity contribution in [1.82, 2.24) is 9.80 Å². The van der Waals surface area contributed by atoms with Gasteiger partial charge in [-0.25, -0.2) is 0 Å². The van der Waals surface area contributed by atoms with Crippen LogP contribution in [0.5, 0.6) is 0 Å². The molecule has 2 saturated heterocycles. The van der Waals surface area contributed by atoms with Gasteiger partial charge in [-0.2, -0.15) is 25.3 Å². The number of imide groups is 2. The fraction of sp³-hybridized carbons (Fsp3) is 0.750. The van der Waals surface area contributed by atoms with Crippen molar-refractivity contribution in [3.63, 3.8) is 0 Å². The van der Waals surface area contributed by atoms with Crippen LogP contribution in [0.15, 0.2) is 0 Å². The third-order valence-corrected chi connectivity index (χ3v) is 6.49. The zero-order chi connectivity index (χ0) is 20.3. The van der Waals surface area contributed by atoms with Gasteiger partial charge in [0.25, 0.3) is 0 Å². The second-order valence-electron chi connectivity index (χ2n) is 4.85. The number of thiol groups is 2. The molecule has 0 bridgehead atoms. The number of amides is 4. The Hall–Kier alpha value is -0.320. The molecule has 0 aliphatic carbocycles. The van der Waals surface area contributed by atoms with E-state index in [1.165, 1.54) is 31.4 Å². The first kappa shape index (κ1) is 25.7. The number of hydrogen-bond donors (Lipinski definition) is 2. The molecule has 0 aromatic heterocycles. The summed E-state index contributed by atoms with van der Waals surface area (Å²) in [6.45, 7) is 8.74. The fourth-order valence-electron chi connectivity index (χ4n) is 2.18. The number of hydrogen-bond acceptors (Lipinski definition) is 8. The van der Waals surface area contributed by atoms with Crippen molar-refractivity contribution >= 4 is 70.5 Å². The Balaban J connectivity index is 0.00000146. The molecule has 2 rings (SSSR count). The predicted octanol–water partition coefficient (Wildman–Crippen LogP) is 2.53. The highest BCUT2D eigenvalue weighted by molar-refractivity contribution is 8.76. The summed E-state index contributed by atoms with van der Waals surface area (Å²) in [4.78, 5) is 48.8. The van der Waals surface area contributed by atoms with Crippen molar-refractivity contribution in [2.75, 3.05) is 24.6 Å². The Morgan fingerprint density at radius 3 is 1.31 bits per heavy atom. The van der Waals surface area contributed by atoms with Gasteiger partial charge in [-0.05, 0) is 0 Å². The lowest BCUT2D eigenvalue weighted by Crippen LogP contribution is -2.33. The van der Waals surface area contributed by atoms with Gasteiger partial charge in [0.1, 0.15) is 0 Å². The van der Waals surface area contributed by atoms with Crippen LogP contribution in [0.3, 0.4) is 0 Å². The summed E-state index contributed by atoms with van der Waals surface area (Å²) in [5, 5.41) is -1.02. The van der Waals surface area contributed by atoms with Crippen LogP contribution in [0.1, 0.15) is 40.5 Å². The summed E-state index contributed by atoms with van der Waals surface area (Å²) in [5.41, 5.74) is 0. The molecule has 150 valence electrons. The van der Waals surface area contributed by atoms with E-state index in [0.29, 0.717) is 24.6 Å². The van der Waals surface area contributed by atoms with E-state index in [0.717, 1.165) is 0 Å². The SMILES string of the molecule is CC.CC.O=C1CC(S)C(=O)N1CCSSCCN1C(=O)CC(S)C1=O. The molecule has 2 heterocycles. The predicted molar refractivity (Wildman–Crippen MR) is 116 cm³/mol. The maximum Gasteiger partial charge on any atom is 0.242 e. The average molecular weight is 441 g/mol. The maximum absolute atomic E-state index is 11.6. The third-order valence-electron chi connectivity index (χ3n) is 3.32. The van der Waals surface area contributed by atoms with Crippen LogP contribution in [0.2, 0.25) is 0 Å². The summed E-state index contributed by atoms with van der Waals surface area (Å²) in [7, 11) is 3.02. The van der Waals surface area contributed by atoms with Crippen molar-refractivity contribution in [2.45, 2.75) is 51.0 Å². The van der Waals surface area contributed by atoms with E-state index < -0.39 is 10.5 Å². The molecule has 6 nitrogen and oxygen atoms in total. The number of carbonyl (C=O) groups is 4. The van der Waals surface area contributed by atoms with Crippen LogP contribution in [-0.4, -0.2) is 68.5 Å². The Morgan fingerprint density at radius 1 is 0.769 bits per heavy atom. The molecule has 0 N–H and O–H groups in total. The monoisotopic (exact) mass is 440 g/mol. The van der Waals surface area contributed by atoms with Crippen LogP contribution in [0.4, 0.5) is 0 Å². The number of rotatable bonds is 7. The van der Waals surface area contributed by atoms with E-state index in [9.17, 15) is 19.2 Å². The van der Waals surface area contributed by atoms with Crippen molar-refractivity contribution < 1.29 is 19.2 Å². The topological polar surface area (TPSA) is 74.8 Å². The second kappa shape index (κ2) is 13.8.